The molecule has 0 bridgehead atoms. The van der Waals surface area contributed by atoms with Crippen molar-refractivity contribution in [2.45, 2.75) is 38.8 Å². The predicted molar refractivity (Wildman–Crippen MR) is 86.2 cm³/mol. The number of hydrogen-bond acceptors (Lipinski definition) is 3. The molecular formula is C17H25N3O2. The monoisotopic (exact) mass is 303 g/mol. The van der Waals surface area contributed by atoms with Crippen molar-refractivity contribution in [3.63, 3.8) is 0 Å². The maximum atomic E-state index is 12.0. The van der Waals surface area contributed by atoms with Crippen LogP contribution in [0.15, 0.2) is 30.3 Å². The third-order valence-electron chi connectivity index (χ3n) is 3.93. The number of rotatable bonds is 6. The van der Waals surface area contributed by atoms with Crippen molar-refractivity contribution in [1.29, 1.82) is 0 Å². The van der Waals surface area contributed by atoms with Gasteiger partial charge in [0.2, 0.25) is 11.8 Å². The van der Waals surface area contributed by atoms with Gasteiger partial charge in [0.15, 0.2) is 0 Å². The van der Waals surface area contributed by atoms with Gasteiger partial charge in [0.25, 0.3) is 0 Å². The zero-order valence-corrected chi connectivity index (χ0v) is 13.2. The fourth-order valence-electron chi connectivity index (χ4n) is 2.66. The van der Waals surface area contributed by atoms with E-state index in [4.69, 9.17) is 0 Å². The molecule has 1 saturated heterocycles. The van der Waals surface area contributed by atoms with E-state index < -0.39 is 0 Å². The van der Waals surface area contributed by atoms with Gasteiger partial charge in [0.05, 0.1) is 0 Å². The number of nitrogens with one attached hydrogen (secondary N) is 2. The molecule has 0 aliphatic carbocycles. The van der Waals surface area contributed by atoms with Gasteiger partial charge in [0, 0.05) is 39.0 Å². The van der Waals surface area contributed by atoms with E-state index in [2.05, 4.69) is 10.6 Å². The summed E-state index contributed by atoms with van der Waals surface area (Å²) in [6.07, 6.45) is 2.47. The minimum absolute atomic E-state index is 0.00372. The molecule has 5 heteroatoms. The van der Waals surface area contributed by atoms with Gasteiger partial charge in [-0.3, -0.25) is 9.59 Å². The molecular weight excluding hydrogens is 278 g/mol. The number of amides is 2. The lowest BCUT2D eigenvalue weighted by atomic mass is 10.1. The fraction of sp³-hybridized carbons (Fsp3) is 0.529. The molecule has 0 saturated carbocycles. The highest BCUT2D eigenvalue weighted by molar-refractivity contribution is 5.78. The lowest BCUT2D eigenvalue weighted by molar-refractivity contribution is -0.130. The van der Waals surface area contributed by atoms with Crippen LogP contribution in [0.1, 0.15) is 31.7 Å². The first-order valence-electron chi connectivity index (χ1n) is 7.94. The zero-order valence-electron chi connectivity index (χ0n) is 13.2. The van der Waals surface area contributed by atoms with Crippen molar-refractivity contribution < 1.29 is 9.59 Å². The van der Waals surface area contributed by atoms with Gasteiger partial charge in [0.1, 0.15) is 0 Å². The molecule has 0 radical (unpaired) electrons. The van der Waals surface area contributed by atoms with Gasteiger partial charge in [-0.15, -0.1) is 0 Å². The van der Waals surface area contributed by atoms with Gasteiger partial charge in [-0.05, 0) is 24.9 Å². The summed E-state index contributed by atoms with van der Waals surface area (Å²) in [4.78, 5) is 25.5. The highest BCUT2D eigenvalue weighted by atomic mass is 16.2. The highest BCUT2D eigenvalue weighted by Crippen LogP contribution is 2.06. The average molecular weight is 303 g/mol. The van der Waals surface area contributed by atoms with Gasteiger partial charge in [-0.1, -0.05) is 30.3 Å². The molecule has 1 heterocycles. The predicted octanol–water partition coefficient (Wildman–Crippen LogP) is 1.29. The zero-order chi connectivity index (χ0) is 15.8. The molecule has 0 spiro atoms. The number of nitrogens with zero attached hydrogens (tertiary/aromatic N) is 1. The van der Waals surface area contributed by atoms with Crippen LogP contribution in [0, 0.1) is 0 Å². The van der Waals surface area contributed by atoms with Crippen LogP contribution in [0.3, 0.4) is 0 Å². The first-order chi connectivity index (χ1) is 10.6. The second kappa shape index (κ2) is 8.54. The summed E-state index contributed by atoms with van der Waals surface area (Å²) in [5.41, 5.74) is 1.08. The Kier molecular flexibility index (Phi) is 6.40. The fourth-order valence-corrected chi connectivity index (χ4v) is 2.66. The minimum Gasteiger partial charge on any atom is -0.352 e. The van der Waals surface area contributed by atoms with Crippen molar-refractivity contribution in [2.75, 3.05) is 19.6 Å². The third-order valence-corrected chi connectivity index (χ3v) is 3.93. The summed E-state index contributed by atoms with van der Waals surface area (Å²) in [6, 6.07) is 10.1. The second-order valence-electron chi connectivity index (χ2n) is 5.79. The Morgan fingerprint density at radius 2 is 2.09 bits per heavy atom. The molecule has 1 aliphatic rings. The van der Waals surface area contributed by atoms with Crippen molar-refractivity contribution in [1.82, 2.24) is 15.5 Å². The largest absolute Gasteiger partial charge is 0.352 e. The van der Waals surface area contributed by atoms with Crippen molar-refractivity contribution in [2.24, 2.45) is 0 Å². The van der Waals surface area contributed by atoms with E-state index in [1.54, 1.807) is 11.8 Å². The first-order valence-corrected chi connectivity index (χ1v) is 7.94. The molecule has 0 aromatic heterocycles. The number of piperidine rings is 1. The van der Waals surface area contributed by atoms with Crippen LogP contribution >= 0.6 is 0 Å². The van der Waals surface area contributed by atoms with Crippen LogP contribution in [-0.2, 0) is 16.1 Å². The molecule has 0 unspecified atom stereocenters. The smallest absolute Gasteiger partial charge is 0.222 e. The number of hydrogen-bond donors (Lipinski definition) is 2. The Morgan fingerprint density at radius 3 is 2.73 bits per heavy atom. The molecule has 1 aliphatic heterocycles. The van der Waals surface area contributed by atoms with Gasteiger partial charge in [-0.25, -0.2) is 0 Å². The highest BCUT2D eigenvalue weighted by Gasteiger charge is 2.16. The van der Waals surface area contributed by atoms with E-state index in [1.165, 1.54) is 0 Å². The average Bonchev–Trinajstić information content (AvgIpc) is 2.53. The third kappa shape index (κ3) is 5.48. The Bertz CT molecular complexity index is 484. The van der Waals surface area contributed by atoms with E-state index in [1.807, 2.05) is 30.3 Å². The second-order valence-corrected chi connectivity index (χ2v) is 5.79. The van der Waals surface area contributed by atoms with Gasteiger partial charge in [-0.2, -0.15) is 0 Å². The molecule has 5 nitrogen and oxygen atoms in total. The molecule has 2 rings (SSSR count). The molecule has 2 N–H and O–H groups in total. The van der Waals surface area contributed by atoms with Crippen LogP contribution in [0.5, 0.6) is 0 Å². The van der Waals surface area contributed by atoms with Crippen LogP contribution in [0.4, 0.5) is 0 Å². The quantitative estimate of drug-likeness (QED) is 0.832. The molecule has 120 valence electrons. The summed E-state index contributed by atoms with van der Waals surface area (Å²) >= 11 is 0. The van der Waals surface area contributed by atoms with Gasteiger partial charge >= 0.3 is 0 Å². The summed E-state index contributed by atoms with van der Waals surface area (Å²) in [5, 5.41) is 6.31. The molecule has 1 atom stereocenters. The lowest BCUT2D eigenvalue weighted by Gasteiger charge is -2.25. The maximum Gasteiger partial charge on any atom is 0.222 e. The Hall–Kier alpha value is -1.88. The first kappa shape index (κ1) is 16.5. The Labute approximate surface area is 132 Å². The maximum absolute atomic E-state index is 12.0. The Balaban J connectivity index is 1.78. The summed E-state index contributed by atoms with van der Waals surface area (Å²) in [5.74, 6) is 0.0176. The summed E-state index contributed by atoms with van der Waals surface area (Å²) in [6.45, 7) is 4.42. The summed E-state index contributed by atoms with van der Waals surface area (Å²) in [7, 11) is 0. The van der Waals surface area contributed by atoms with Crippen molar-refractivity contribution in [3.8, 4) is 0 Å². The molecule has 2 amide bonds. The van der Waals surface area contributed by atoms with E-state index in [0.717, 1.165) is 31.5 Å². The van der Waals surface area contributed by atoms with Gasteiger partial charge < -0.3 is 15.5 Å². The van der Waals surface area contributed by atoms with E-state index >= 15 is 0 Å². The SMILES string of the molecule is CC(=O)N(CCC(=O)N[C@H]1CCCNC1)Cc1ccccc1. The molecule has 1 fully saturated rings. The van der Waals surface area contributed by atoms with Crippen LogP contribution in [0.25, 0.3) is 0 Å². The molecule has 1 aromatic rings. The lowest BCUT2D eigenvalue weighted by Crippen LogP contribution is -2.46. The van der Waals surface area contributed by atoms with E-state index in [-0.39, 0.29) is 17.9 Å². The van der Waals surface area contributed by atoms with E-state index in [0.29, 0.717) is 19.5 Å². The Morgan fingerprint density at radius 1 is 1.32 bits per heavy atom. The van der Waals surface area contributed by atoms with Crippen LogP contribution in [-0.4, -0.2) is 42.4 Å². The van der Waals surface area contributed by atoms with Crippen LogP contribution < -0.4 is 10.6 Å². The van der Waals surface area contributed by atoms with Crippen molar-refractivity contribution in [3.05, 3.63) is 35.9 Å². The number of carbonyl (C=O) groups excluding carboxylic acids is 2. The topological polar surface area (TPSA) is 61.4 Å². The number of benzene rings is 1. The molecule has 22 heavy (non-hydrogen) atoms. The van der Waals surface area contributed by atoms with E-state index in [9.17, 15) is 9.59 Å². The van der Waals surface area contributed by atoms with Crippen LogP contribution in [0.2, 0.25) is 0 Å². The summed E-state index contributed by atoms with van der Waals surface area (Å²) < 4.78 is 0. The number of carbonyl (C=O) groups is 2. The molecule has 1 aromatic carbocycles. The standard InChI is InChI=1S/C17H25N3O2/c1-14(21)20(13-15-6-3-2-4-7-15)11-9-17(22)19-16-8-5-10-18-12-16/h2-4,6-7,16,18H,5,8-13H2,1H3,(H,19,22)/t16-/m0/s1. The minimum atomic E-state index is -0.00372. The normalized spacial score (nSPS) is 17.8. The van der Waals surface area contributed by atoms with Crippen molar-refractivity contribution >= 4 is 11.8 Å².